The molecule has 2 aromatic rings. The first-order valence-corrected chi connectivity index (χ1v) is 10.1. The molecule has 0 spiro atoms. The molecule has 0 radical (unpaired) electrons. The number of hydrogen-bond donors (Lipinski definition) is 2. The molecule has 0 aliphatic carbocycles. The van der Waals surface area contributed by atoms with Gasteiger partial charge in [-0.1, -0.05) is 37.6 Å². The third-order valence-corrected chi connectivity index (χ3v) is 4.98. The number of non-ortho nitro benzene ring substituents is 1. The maximum Gasteiger partial charge on any atom is 0.269 e. The number of amides is 1. The van der Waals surface area contributed by atoms with Gasteiger partial charge in [-0.15, -0.1) is 0 Å². The van der Waals surface area contributed by atoms with Gasteiger partial charge in [0, 0.05) is 18.7 Å². The first kappa shape index (κ1) is 20.4. The fourth-order valence-electron chi connectivity index (χ4n) is 2.43. The van der Waals surface area contributed by atoms with Crippen LogP contribution in [0.15, 0.2) is 48.5 Å². The lowest BCUT2D eigenvalue weighted by atomic mass is 10.1. The van der Waals surface area contributed by atoms with E-state index in [0.29, 0.717) is 6.54 Å². The number of benzene rings is 2. The highest BCUT2D eigenvalue weighted by atomic mass is 32.2. The van der Waals surface area contributed by atoms with E-state index in [1.165, 1.54) is 36.4 Å². The number of nitrogens with one attached hydrogen (secondary N) is 2. The highest BCUT2D eigenvalue weighted by molar-refractivity contribution is 7.91. The summed E-state index contributed by atoms with van der Waals surface area (Å²) in [4.78, 5) is 22.5. The largest absolute Gasteiger partial charge is 0.352 e. The van der Waals surface area contributed by atoms with Crippen LogP contribution in [-0.2, 0) is 15.8 Å². The number of anilines is 1. The van der Waals surface area contributed by atoms with E-state index in [1.807, 2.05) is 6.92 Å². The number of rotatable bonds is 9. The zero-order valence-corrected chi connectivity index (χ0v) is 15.7. The van der Waals surface area contributed by atoms with Crippen LogP contribution in [0.5, 0.6) is 0 Å². The molecule has 2 rings (SSSR count). The van der Waals surface area contributed by atoms with Crippen molar-refractivity contribution in [3.05, 3.63) is 69.8 Å². The highest BCUT2D eigenvalue weighted by Crippen LogP contribution is 2.20. The maximum absolute atomic E-state index is 12.5. The maximum atomic E-state index is 12.5. The number of para-hydroxylation sites is 1. The molecule has 0 bridgehead atoms. The molecule has 0 fully saturated rings. The van der Waals surface area contributed by atoms with Crippen LogP contribution in [-0.4, -0.2) is 25.8 Å². The minimum absolute atomic E-state index is 0.164. The zero-order chi connectivity index (χ0) is 19.9. The number of hydrogen-bond acceptors (Lipinski definition) is 5. The molecule has 2 aromatic carbocycles. The standard InChI is InChI=1S/C18H21N3O5S/c1-2-3-11-19-18(22)16-9-4-5-10-17(16)20-27(25,26)13-14-7-6-8-15(12-14)21(23)24/h4-10,12,20H,2-3,11,13H2,1H3,(H,19,22). The van der Waals surface area contributed by atoms with Gasteiger partial charge in [-0.3, -0.25) is 19.6 Å². The molecule has 27 heavy (non-hydrogen) atoms. The van der Waals surface area contributed by atoms with Gasteiger partial charge in [0.15, 0.2) is 0 Å². The second-order valence-corrected chi connectivity index (χ2v) is 7.67. The van der Waals surface area contributed by atoms with Crippen LogP contribution in [0.1, 0.15) is 35.7 Å². The lowest BCUT2D eigenvalue weighted by molar-refractivity contribution is -0.384. The highest BCUT2D eigenvalue weighted by Gasteiger charge is 2.18. The van der Waals surface area contributed by atoms with Gasteiger partial charge >= 0.3 is 0 Å². The summed E-state index contributed by atoms with van der Waals surface area (Å²) in [5.74, 6) is -0.808. The Balaban J connectivity index is 2.17. The van der Waals surface area contributed by atoms with Gasteiger partial charge in [0.1, 0.15) is 0 Å². The molecule has 9 heteroatoms. The number of nitrogens with zero attached hydrogens (tertiary/aromatic N) is 1. The van der Waals surface area contributed by atoms with Crippen molar-refractivity contribution >= 4 is 27.3 Å². The summed E-state index contributed by atoms with van der Waals surface area (Å²) in [5, 5.41) is 13.6. The molecule has 144 valence electrons. The Morgan fingerprint density at radius 1 is 1.15 bits per heavy atom. The van der Waals surface area contributed by atoms with Gasteiger partial charge in [0.2, 0.25) is 10.0 Å². The van der Waals surface area contributed by atoms with Crippen LogP contribution < -0.4 is 10.0 Å². The van der Waals surface area contributed by atoms with Crippen LogP contribution in [0.25, 0.3) is 0 Å². The summed E-state index contributed by atoms with van der Waals surface area (Å²) < 4.78 is 27.3. The van der Waals surface area contributed by atoms with E-state index in [2.05, 4.69) is 10.0 Å². The van der Waals surface area contributed by atoms with Crippen LogP contribution in [0, 0.1) is 10.1 Å². The molecular formula is C18H21N3O5S. The fraction of sp³-hybridized carbons (Fsp3) is 0.278. The van der Waals surface area contributed by atoms with Crippen molar-refractivity contribution < 1.29 is 18.1 Å². The first-order valence-electron chi connectivity index (χ1n) is 8.43. The van der Waals surface area contributed by atoms with Crippen LogP contribution >= 0.6 is 0 Å². The van der Waals surface area contributed by atoms with E-state index < -0.39 is 20.7 Å². The van der Waals surface area contributed by atoms with Crippen molar-refractivity contribution in [2.45, 2.75) is 25.5 Å². The average Bonchev–Trinajstić information content (AvgIpc) is 2.61. The third kappa shape index (κ3) is 6.07. The van der Waals surface area contributed by atoms with Crippen molar-refractivity contribution in [3.63, 3.8) is 0 Å². The van der Waals surface area contributed by atoms with E-state index >= 15 is 0 Å². The second kappa shape index (κ2) is 9.13. The van der Waals surface area contributed by atoms with Crippen LogP contribution in [0.4, 0.5) is 11.4 Å². The Hall–Kier alpha value is -2.94. The second-order valence-electron chi connectivity index (χ2n) is 5.94. The van der Waals surface area contributed by atoms with E-state index in [4.69, 9.17) is 0 Å². The van der Waals surface area contributed by atoms with Gasteiger partial charge in [-0.25, -0.2) is 8.42 Å². The molecule has 2 N–H and O–H groups in total. The number of carbonyl (C=O) groups excluding carboxylic acids is 1. The lowest BCUT2D eigenvalue weighted by Crippen LogP contribution is -2.26. The van der Waals surface area contributed by atoms with Crippen molar-refractivity contribution in [3.8, 4) is 0 Å². The Morgan fingerprint density at radius 3 is 2.59 bits per heavy atom. The number of sulfonamides is 1. The van der Waals surface area contributed by atoms with Gasteiger partial charge in [0.05, 0.1) is 21.9 Å². The van der Waals surface area contributed by atoms with E-state index in [9.17, 15) is 23.3 Å². The topological polar surface area (TPSA) is 118 Å². The Morgan fingerprint density at radius 2 is 1.89 bits per heavy atom. The summed E-state index contributed by atoms with van der Waals surface area (Å²) in [6.45, 7) is 2.51. The molecule has 8 nitrogen and oxygen atoms in total. The predicted octanol–water partition coefficient (Wildman–Crippen LogP) is 3.07. The minimum atomic E-state index is -3.86. The monoisotopic (exact) mass is 391 g/mol. The van der Waals surface area contributed by atoms with Gasteiger partial charge in [0.25, 0.3) is 11.6 Å². The Labute approximate surface area is 157 Å². The van der Waals surface area contributed by atoms with Gasteiger partial charge in [-0.05, 0) is 24.1 Å². The average molecular weight is 391 g/mol. The quantitative estimate of drug-likeness (QED) is 0.387. The van der Waals surface area contributed by atoms with E-state index in [0.717, 1.165) is 12.8 Å². The predicted molar refractivity (Wildman–Crippen MR) is 103 cm³/mol. The molecular weight excluding hydrogens is 370 g/mol. The van der Waals surface area contributed by atoms with Gasteiger partial charge < -0.3 is 5.32 Å². The minimum Gasteiger partial charge on any atom is -0.352 e. The third-order valence-electron chi connectivity index (χ3n) is 3.73. The van der Waals surface area contributed by atoms with E-state index in [-0.39, 0.29) is 28.4 Å². The first-order chi connectivity index (χ1) is 12.8. The van der Waals surface area contributed by atoms with Crippen molar-refractivity contribution in [2.75, 3.05) is 11.3 Å². The lowest BCUT2D eigenvalue weighted by Gasteiger charge is -2.13. The van der Waals surface area contributed by atoms with Gasteiger partial charge in [-0.2, -0.15) is 0 Å². The molecule has 0 heterocycles. The molecule has 0 saturated carbocycles. The molecule has 0 atom stereocenters. The number of unbranched alkanes of at least 4 members (excludes halogenated alkanes) is 1. The molecule has 0 aliphatic rings. The van der Waals surface area contributed by atoms with Crippen molar-refractivity contribution in [2.24, 2.45) is 0 Å². The Kier molecular flexibility index (Phi) is 6.89. The number of carbonyl (C=O) groups is 1. The zero-order valence-electron chi connectivity index (χ0n) is 14.8. The molecule has 1 amide bonds. The molecule has 0 aromatic heterocycles. The summed E-state index contributed by atoms with van der Waals surface area (Å²) in [7, 11) is -3.86. The van der Waals surface area contributed by atoms with Crippen molar-refractivity contribution in [1.29, 1.82) is 0 Å². The van der Waals surface area contributed by atoms with Crippen LogP contribution in [0.3, 0.4) is 0 Å². The normalized spacial score (nSPS) is 11.0. The summed E-state index contributed by atoms with van der Waals surface area (Å²) in [6, 6.07) is 11.7. The summed E-state index contributed by atoms with van der Waals surface area (Å²) >= 11 is 0. The smallest absolute Gasteiger partial charge is 0.269 e. The van der Waals surface area contributed by atoms with Crippen molar-refractivity contribution in [1.82, 2.24) is 5.32 Å². The molecule has 0 aliphatic heterocycles. The number of nitro benzene ring substituents is 1. The fourth-order valence-corrected chi connectivity index (χ4v) is 3.63. The molecule has 0 saturated heterocycles. The van der Waals surface area contributed by atoms with E-state index in [1.54, 1.807) is 12.1 Å². The summed E-state index contributed by atoms with van der Waals surface area (Å²) in [6.07, 6.45) is 1.75. The summed E-state index contributed by atoms with van der Waals surface area (Å²) in [5.41, 5.74) is 0.480. The SMILES string of the molecule is CCCCNC(=O)c1ccccc1NS(=O)(=O)Cc1cccc([N+](=O)[O-])c1. The Bertz CT molecular complexity index is 928. The molecule has 0 unspecified atom stereocenters. The number of nitro groups is 1. The van der Waals surface area contributed by atoms with Crippen LogP contribution in [0.2, 0.25) is 0 Å².